The summed E-state index contributed by atoms with van der Waals surface area (Å²) in [5, 5.41) is 11.0. The second-order valence-corrected chi connectivity index (χ2v) is 8.14. The van der Waals surface area contributed by atoms with Gasteiger partial charge in [0.2, 0.25) is 0 Å². The first kappa shape index (κ1) is 17.7. The molecule has 0 spiro atoms. The molecule has 3 aliphatic rings. The summed E-state index contributed by atoms with van der Waals surface area (Å²) in [5.74, 6) is -0.0506. The molecule has 24 heavy (non-hydrogen) atoms. The van der Waals surface area contributed by atoms with Crippen molar-refractivity contribution in [1.82, 2.24) is 0 Å². The summed E-state index contributed by atoms with van der Waals surface area (Å²) in [5.41, 5.74) is 1.03. The molecule has 1 N–H and O–H groups in total. The van der Waals surface area contributed by atoms with E-state index in [0.717, 1.165) is 25.7 Å². The number of fused-ring (bicyclic) bond motifs is 4. The molecule has 0 radical (unpaired) electrons. The van der Waals surface area contributed by atoms with E-state index in [9.17, 15) is 9.90 Å². The first-order valence-corrected chi connectivity index (χ1v) is 9.23. The van der Waals surface area contributed by atoms with Gasteiger partial charge in [0.05, 0.1) is 17.8 Å². The second-order valence-electron chi connectivity index (χ2n) is 8.14. The van der Waals surface area contributed by atoms with Gasteiger partial charge in [-0.3, -0.25) is 0 Å². The van der Waals surface area contributed by atoms with Gasteiger partial charge in [0.15, 0.2) is 0 Å². The number of hydrogen-bond donors (Lipinski definition) is 1. The molecule has 3 rings (SSSR count). The summed E-state index contributed by atoms with van der Waals surface area (Å²) < 4.78 is 11.9. The van der Waals surface area contributed by atoms with Gasteiger partial charge in [-0.15, -0.1) is 0 Å². The lowest BCUT2D eigenvalue weighted by atomic mass is 9.76. The number of allylic oxidation sites excluding steroid dienone is 2. The van der Waals surface area contributed by atoms with E-state index in [4.69, 9.17) is 9.47 Å². The summed E-state index contributed by atoms with van der Waals surface area (Å²) in [6.45, 7) is 10.1. The zero-order chi connectivity index (χ0) is 17.5. The zero-order valence-corrected chi connectivity index (χ0v) is 15.1. The largest absolute Gasteiger partial charge is 0.456 e. The SMILES string of the molecule is C=C1C(=O)O[C@H]2[C@H]3O[C@@H](C[C@@H]12)[C@](C)(O)CC/C=C(\C)CCC[C@@H]3C. The number of rotatable bonds is 0. The van der Waals surface area contributed by atoms with E-state index >= 15 is 0 Å². The highest BCUT2D eigenvalue weighted by atomic mass is 16.6. The number of carbonyl (C=O) groups is 1. The minimum atomic E-state index is -0.912. The van der Waals surface area contributed by atoms with E-state index in [-0.39, 0.29) is 36.1 Å². The van der Waals surface area contributed by atoms with Crippen LogP contribution in [0, 0.1) is 11.8 Å². The standard InChI is InChI=1S/C20H30O4/c1-12-7-5-9-13(2)17-18-15(14(3)19(21)24-18)11-16(23-17)20(4,22)10-6-8-12/h8,13,15-18,22H,3,5-7,9-11H2,1-2,4H3/b12-8+/t13-,15-,16-,17-,18+,20+/m0/s1. The smallest absolute Gasteiger partial charge is 0.334 e. The summed E-state index contributed by atoms with van der Waals surface area (Å²) in [7, 11) is 0. The Morgan fingerprint density at radius 3 is 2.88 bits per heavy atom. The lowest BCUT2D eigenvalue weighted by molar-refractivity contribution is -0.208. The predicted molar refractivity (Wildman–Crippen MR) is 92.4 cm³/mol. The molecule has 0 aromatic carbocycles. The van der Waals surface area contributed by atoms with Gasteiger partial charge >= 0.3 is 5.97 Å². The van der Waals surface area contributed by atoms with Crippen molar-refractivity contribution in [1.29, 1.82) is 0 Å². The first-order valence-electron chi connectivity index (χ1n) is 9.23. The van der Waals surface area contributed by atoms with Crippen molar-refractivity contribution in [3.05, 3.63) is 23.8 Å². The van der Waals surface area contributed by atoms with Crippen molar-refractivity contribution < 1.29 is 19.4 Å². The molecule has 0 aromatic heterocycles. The van der Waals surface area contributed by atoms with Crippen LogP contribution in [0.3, 0.4) is 0 Å². The van der Waals surface area contributed by atoms with E-state index in [1.807, 2.05) is 6.92 Å². The minimum absolute atomic E-state index is 0.0320. The third kappa shape index (κ3) is 3.31. The van der Waals surface area contributed by atoms with Crippen LogP contribution in [0.2, 0.25) is 0 Å². The lowest BCUT2D eigenvalue weighted by Gasteiger charge is -2.45. The van der Waals surface area contributed by atoms with Gasteiger partial charge in [-0.1, -0.05) is 25.2 Å². The minimum Gasteiger partial charge on any atom is -0.456 e. The van der Waals surface area contributed by atoms with Crippen LogP contribution in [0.15, 0.2) is 23.8 Å². The maximum Gasteiger partial charge on any atom is 0.334 e. The molecule has 4 heteroatoms. The van der Waals surface area contributed by atoms with Crippen LogP contribution < -0.4 is 0 Å². The molecular weight excluding hydrogens is 304 g/mol. The lowest BCUT2D eigenvalue weighted by Crippen LogP contribution is -2.54. The molecule has 2 fully saturated rings. The van der Waals surface area contributed by atoms with Crippen LogP contribution in [-0.2, 0) is 14.3 Å². The second kappa shape index (κ2) is 6.64. The molecule has 2 bridgehead atoms. The van der Waals surface area contributed by atoms with Gasteiger partial charge in [0, 0.05) is 11.5 Å². The fourth-order valence-corrected chi connectivity index (χ4v) is 4.36. The summed E-state index contributed by atoms with van der Waals surface area (Å²) in [4.78, 5) is 12.0. The maximum atomic E-state index is 12.0. The summed E-state index contributed by atoms with van der Waals surface area (Å²) in [6, 6.07) is 0. The Bertz CT molecular complexity index is 548. The van der Waals surface area contributed by atoms with E-state index < -0.39 is 5.60 Å². The molecule has 134 valence electrons. The van der Waals surface area contributed by atoms with Crippen LogP contribution in [0.25, 0.3) is 0 Å². The molecular formula is C20H30O4. The average molecular weight is 334 g/mol. The molecule has 6 atom stereocenters. The van der Waals surface area contributed by atoms with Crippen molar-refractivity contribution in [3.8, 4) is 0 Å². The molecule has 0 aromatic rings. The summed E-state index contributed by atoms with van der Waals surface area (Å²) >= 11 is 0. The van der Waals surface area contributed by atoms with Crippen molar-refractivity contribution in [2.45, 2.75) is 83.2 Å². The van der Waals surface area contributed by atoms with Gasteiger partial charge < -0.3 is 14.6 Å². The fraction of sp³-hybridized carbons (Fsp3) is 0.750. The first-order chi connectivity index (χ1) is 11.3. The molecule has 0 aliphatic carbocycles. The average Bonchev–Trinajstić information content (AvgIpc) is 2.80. The number of ether oxygens (including phenoxy) is 2. The Labute approximate surface area is 144 Å². The van der Waals surface area contributed by atoms with Gasteiger partial charge in [-0.25, -0.2) is 4.79 Å². The van der Waals surface area contributed by atoms with Crippen molar-refractivity contribution in [3.63, 3.8) is 0 Å². The Morgan fingerprint density at radius 2 is 2.12 bits per heavy atom. The van der Waals surface area contributed by atoms with Gasteiger partial charge in [-0.05, 0) is 58.3 Å². The summed E-state index contributed by atoms with van der Waals surface area (Å²) in [6.07, 6.45) is 6.87. The fourth-order valence-electron chi connectivity index (χ4n) is 4.36. The number of carbonyl (C=O) groups excluding carboxylic acids is 1. The number of aliphatic hydroxyl groups is 1. The topological polar surface area (TPSA) is 55.8 Å². The third-order valence-corrected chi connectivity index (χ3v) is 6.09. The van der Waals surface area contributed by atoms with Gasteiger partial charge in [-0.2, -0.15) is 0 Å². The van der Waals surface area contributed by atoms with Gasteiger partial charge in [0.25, 0.3) is 0 Å². The molecule has 0 saturated carbocycles. The van der Waals surface area contributed by atoms with Crippen molar-refractivity contribution in [2.75, 3.05) is 0 Å². The predicted octanol–water partition coefficient (Wildman–Crippen LogP) is 3.54. The zero-order valence-electron chi connectivity index (χ0n) is 15.1. The molecule has 3 aliphatic heterocycles. The molecule has 4 nitrogen and oxygen atoms in total. The van der Waals surface area contributed by atoms with Gasteiger partial charge in [0.1, 0.15) is 6.10 Å². The van der Waals surface area contributed by atoms with Crippen LogP contribution in [0.1, 0.15) is 59.3 Å². The molecule has 0 unspecified atom stereocenters. The monoisotopic (exact) mass is 334 g/mol. The molecule has 2 saturated heterocycles. The van der Waals surface area contributed by atoms with Crippen LogP contribution in [0.4, 0.5) is 0 Å². The normalized spacial score (nSPS) is 46.2. The third-order valence-electron chi connectivity index (χ3n) is 6.09. The number of hydrogen-bond acceptors (Lipinski definition) is 4. The van der Waals surface area contributed by atoms with Crippen LogP contribution in [0.5, 0.6) is 0 Å². The van der Waals surface area contributed by atoms with Crippen molar-refractivity contribution >= 4 is 5.97 Å². The van der Waals surface area contributed by atoms with E-state index in [2.05, 4.69) is 26.5 Å². The van der Waals surface area contributed by atoms with E-state index in [1.165, 1.54) is 5.57 Å². The van der Waals surface area contributed by atoms with Crippen LogP contribution >= 0.6 is 0 Å². The molecule has 0 amide bonds. The Kier molecular flexibility index (Phi) is 4.89. The Balaban J connectivity index is 1.90. The highest BCUT2D eigenvalue weighted by Crippen LogP contribution is 2.44. The quantitative estimate of drug-likeness (QED) is 0.418. The molecule has 3 heterocycles. The van der Waals surface area contributed by atoms with Crippen LogP contribution in [-0.4, -0.2) is 35.0 Å². The highest BCUT2D eigenvalue weighted by molar-refractivity contribution is 5.90. The Hall–Kier alpha value is -1.13. The van der Waals surface area contributed by atoms with E-state index in [0.29, 0.717) is 18.4 Å². The van der Waals surface area contributed by atoms with E-state index in [1.54, 1.807) is 0 Å². The highest BCUT2D eigenvalue weighted by Gasteiger charge is 2.53. The Morgan fingerprint density at radius 1 is 1.38 bits per heavy atom. The van der Waals surface area contributed by atoms with Crippen molar-refractivity contribution in [2.24, 2.45) is 11.8 Å². The number of esters is 1. The maximum absolute atomic E-state index is 12.0.